The van der Waals surface area contributed by atoms with Gasteiger partial charge in [-0.05, 0) is 24.3 Å². The number of nitrogens with zero attached hydrogens (tertiary/aromatic N) is 2. The zero-order valence-corrected chi connectivity index (χ0v) is 15.3. The van der Waals surface area contributed by atoms with Crippen LogP contribution in [0.4, 0.5) is 11.4 Å². The van der Waals surface area contributed by atoms with Crippen LogP contribution in [-0.4, -0.2) is 40.3 Å². The molecule has 0 atom stereocenters. The number of nitriles is 1. The van der Waals surface area contributed by atoms with E-state index in [4.69, 9.17) is 14.7 Å². The van der Waals surface area contributed by atoms with E-state index in [2.05, 4.69) is 5.32 Å². The molecule has 0 bridgehead atoms. The second-order valence-corrected chi connectivity index (χ2v) is 7.71. The van der Waals surface area contributed by atoms with Gasteiger partial charge in [0.05, 0.1) is 23.2 Å². The van der Waals surface area contributed by atoms with E-state index in [9.17, 15) is 13.2 Å². The SMILES string of the molecule is CS(=O)(=O)N(CC(=O)Nc1ccccc1C#N)c1ccc2c(c1)OCCO2. The summed E-state index contributed by atoms with van der Waals surface area (Å²) in [6.07, 6.45) is 1.01. The van der Waals surface area contributed by atoms with Crippen molar-refractivity contribution in [1.29, 1.82) is 5.26 Å². The monoisotopic (exact) mass is 387 g/mol. The topological polar surface area (TPSA) is 109 Å². The third-order valence-corrected chi connectivity index (χ3v) is 4.96. The lowest BCUT2D eigenvalue weighted by Gasteiger charge is -2.24. The Hall–Kier alpha value is -3.25. The van der Waals surface area contributed by atoms with Crippen LogP contribution < -0.4 is 19.1 Å². The van der Waals surface area contributed by atoms with E-state index in [0.717, 1.165) is 10.6 Å². The van der Waals surface area contributed by atoms with Crippen LogP contribution in [0.15, 0.2) is 42.5 Å². The molecular formula is C18H17N3O5S. The minimum Gasteiger partial charge on any atom is -0.486 e. The molecule has 3 rings (SSSR count). The summed E-state index contributed by atoms with van der Waals surface area (Å²) in [7, 11) is -3.74. The predicted molar refractivity (Wildman–Crippen MR) is 99.4 cm³/mol. The largest absolute Gasteiger partial charge is 0.486 e. The molecule has 0 saturated heterocycles. The number of anilines is 2. The van der Waals surface area contributed by atoms with Crippen molar-refractivity contribution in [1.82, 2.24) is 0 Å². The molecule has 1 aliphatic rings. The fourth-order valence-electron chi connectivity index (χ4n) is 2.60. The number of carbonyl (C=O) groups is 1. The van der Waals surface area contributed by atoms with Gasteiger partial charge in [0.15, 0.2) is 11.5 Å². The van der Waals surface area contributed by atoms with Gasteiger partial charge in [-0.3, -0.25) is 9.10 Å². The molecule has 2 aromatic rings. The van der Waals surface area contributed by atoms with Gasteiger partial charge in [0.25, 0.3) is 0 Å². The second kappa shape index (κ2) is 7.55. The highest BCUT2D eigenvalue weighted by Gasteiger charge is 2.23. The van der Waals surface area contributed by atoms with Crippen molar-refractivity contribution in [3.8, 4) is 17.6 Å². The van der Waals surface area contributed by atoms with Crippen LogP contribution in [0.5, 0.6) is 11.5 Å². The first kappa shape index (κ1) is 18.5. The number of fused-ring (bicyclic) bond motifs is 1. The van der Waals surface area contributed by atoms with Crippen molar-refractivity contribution in [3.63, 3.8) is 0 Å². The summed E-state index contributed by atoms with van der Waals surface area (Å²) < 4.78 is 36.3. The Bertz CT molecular complexity index is 1010. The number of benzene rings is 2. The van der Waals surface area contributed by atoms with Crippen LogP contribution in [0.2, 0.25) is 0 Å². The number of amides is 1. The molecule has 1 heterocycles. The summed E-state index contributed by atoms with van der Waals surface area (Å²) in [4.78, 5) is 12.4. The van der Waals surface area contributed by atoms with E-state index < -0.39 is 22.5 Å². The van der Waals surface area contributed by atoms with Gasteiger partial charge in [-0.1, -0.05) is 12.1 Å². The van der Waals surface area contributed by atoms with E-state index in [1.54, 1.807) is 36.4 Å². The fourth-order valence-corrected chi connectivity index (χ4v) is 3.45. The third-order valence-electron chi connectivity index (χ3n) is 3.82. The number of carbonyl (C=O) groups excluding carboxylic acids is 1. The van der Waals surface area contributed by atoms with Gasteiger partial charge < -0.3 is 14.8 Å². The maximum atomic E-state index is 12.4. The summed E-state index contributed by atoms with van der Waals surface area (Å²) >= 11 is 0. The van der Waals surface area contributed by atoms with E-state index in [-0.39, 0.29) is 11.3 Å². The molecule has 9 heteroatoms. The Morgan fingerprint density at radius 1 is 1.19 bits per heavy atom. The molecular weight excluding hydrogens is 370 g/mol. The summed E-state index contributed by atoms with van der Waals surface area (Å²) in [5, 5.41) is 11.7. The molecule has 1 aliphatic heterocycles. The van der Waals surface area contributed by atoms with Gasteiger partial charge in [-0.2, -0.15) is 5.26 Å². The molecule has 0 radical (unpaired) electrons. The number of nitrogens with one attached hydrogen (secondary N) is 1. The predicted octanol–water partition coefficient (Wildman–Crippen LogP) is 1.73. The third kappa shape index (κ3) is 4.30. The first-order valence-corrected chi connectivity index (χ1v) is 9.89. The van der Waals surface area contributed by atoms with Crippen LogP contribution >= 0.6 is 0 Å². The normalized spacial score (nSPS) is 12.7. The molecule has 1 amide bonds. The summed E-state index contributed by atoms with van der Waals surface area (Å²) in [5.74, 6) is 0.367. The second-order valence-electron chi connectivity index (χ2n) is 5.80. The summed E-state index contributed by atoms with van der Waals surface area (Å²) in [5.41, 5.74) is 0.891. The number of hydrogen-bond donors (Lipinski definition) is 1. The minimum atomic E-state index is -3.74. The van der Waals surface area contributed by atoms with Gasteiger partial charge in [0.2, 0.25) is 15.9 Å². The lowest BCUT2D eigenvalue weighted by molar-refractivity contribution is -0.114. The molecule has 0 fully saturated rings. The van der Waals surface area contributed by atoms with Gasteiger partial charge in [-0.25, -0.2) is 8.42 Å². The Balaban J connectivity index is 1.84. The lowest BCUT2D eigenvalue weighted by Crippen LogP contribution is -2.37. The van der Waals surface area contributed by atoms with E-state index in [1.165, 1.54) is 6.07 Å². The molecule has 27 heavy (non-hydrogen) atoms. The molecule has 140 valence electrons. The van der Waals surface area contributed by atoms with E-state index in [0.29, 0.717) is 30.4 Å². The van der Waals surface area contributed by atoms with Crippen LogP contribution in [0.25, 0.3) is 0 Å². The molecule has 0 unspecified atom stereocenters. The maximum absolute atomic E-state index is 12.4. The van der Waals surface area contributed by atoms with E-state index in [1.807, 2.05) is 6.07 Å². The lowest BCUT2D eigenvalue weighted by atomic mass is 10.2. The Labute approximate surface area is 157 Å². The van der Waals surface area contributed by atoms with Crippen LogP contribution in [0.1, 0.15) is 5.56 Å². The molecule has 8 nitrogen and oxygen atoms in total. The highest BCUT2D eigenvalue weighted by Crippen LogP contribution is 2.34. The van der Waals surface area contributed by atoms with Crippen LogP contribution in [-0.2, 0) is 14.8 Å². The van der Waals surface area contributed by atoms with Gasteiger partial charge in [-0.15, -0.1) is 0 Å². The quantitative estimate of drug-likeness (QED) is 0.837. The standard InChI is InChI=1S/C18H17N3O5S/c1-27(23,24)21(14-6-7-16-17(10-14)26-9-8-25-16)12-18(22)20-15-5-3-2-4-13(15)11-19/h2-7,10H,8-9,12H2,1H3,(H,20,22). The van der Waals surface area contributed by atoms with Crippen LogP contribution in [0, 0.1) is 11.3 Å². The summed E-state index contributed by atoms with van der Waals surface area (Å²) in [6, 6.07) is 13.1. The minimum absolute atomic E-state index is 0.283. The first-order chi connectivity index (χ1) is 12.9. The van der Waals surface area contributed by atoms with Gasteiger partial charge in [0, 0.05) is 6.07 Å². The van der Waals surface area contributed by atoms with Crippen molar-refractivity contribution in [2.75, 3.05) is 35.6 Å². The van der Waals surface area contributed by atoms with Crippen molar-refractivity contribution in [3.05, 3.63) is 48.0 Å². The average molecular weight is 387 g/mol. The highest BCUT2D eigenvalue weighted by molar-refractivity contribution is 7.92. The number of ether oxygens (including phenoxy) is 2. The number of para-hydroxylation sites is 1. The maximum Gasteiger partial charge on any atom is 0.245 e. The molecule has 2 aromatic carbocycles. The highest BCUT2D eigenvalue weighted by atomic mass is 32.2. The van der Waals surface area contributed by atoms with Crippen molar-refractivity contribution in [2.24, 2.45) is 0 Å². The smallest absolute Gasteiger partial charge is 0.245 e. The van der Waals surface area contributed by atoms with Crippen LogP contribution in [0.3, 0.4) is 0 Å². The Morgan fingerprint density at radius 2 is 1.89 bits per heavy atom. The van der Waals surface area contributed by atoms with E-state index >= 15 is 0 Å². The number of sulfonamides is 1. The number of hydrogen-bond acceptors (Lipinski definition) is 6. The zero-order valence-electron chi connectivity index (χ0n) is 14.5. The molecule has 0 aromatic heterocycles. The molecule has 0 saturated carbocycles. The average Bonchev–Trinajstić information content (AvgIpc) is 2.65. The Kier molecular flexibility index (Phi) is 5.19. The molecule has 0 aliphatic carbocycles. The first-order valence-electron chi connectivity index (χ1n) is 8.05. The van der Waals surface area contributed by atoms with Gasteiger partial charge in [0.1, 0.15) is 25.8 Å². The Morgan fingerprint density at radius 3 is 2.59 bits per heavy atom. The molecule has 0 spiro atoms. The van der Waals surface area contributed by atoms with Gasteiger partial charge >= 0.3 is 0 Å². The summed E-state index contributed by atoms with van der Waals surface area (Å²) in [6.45, 7) is 0.335. The van der Waals surface area contributed by atoms with Crippen molar-refractivity contribution < 1.29 is 22.7 Å². The van der Waals surface area contributed by atoms with Crippen molar-refractivity contribution in [2.45, 2.75) is 0 Å². The number of rotatable bonds is 5. The fraction of sp³-hybridized carbons (Fsp3) is 0.222. The van der Waals surface area contributed by atoms with Crippen molar-refractivity contribution >= 4 is 27.3 Å². The zero-order chi connectivity index (χ0) is 19.4. The molecule has 1 N–H and O–H groups in total.